The van der Waals surface area contributed by atoms with E-state index in [-0.39, 0.29) is 5.75 Å². The van der Waals surface area contributed by atoms with Crippen LogP contribution in [0, 0.1) is 5.92 Å². The van der Waals surface area contributed by atoms with Crippen LogP contribution in [0.25, 0.3) is 0 Å². The van der Waals surface area contributed by atoms with E-state index in [1.165, 1.54) is 25.7 Å². The third-order valence-corrected chi connectivity index (χ3v) is 6.73. The lowest BCUT2D eigenvalue weighted by atomic mass is 9.98. The molecule has 2 rings (SSSR count). The van der Waals surface area contributed by atoms with Gasteiger partial charge >= 0.3 is 0 Å². The molecular formula is C14H28N2O2S. The number of sulfonamides is 1. The summed E-state index contributed by atoms with van der Waals surface area (Å²) < 4.78 is 25.3. The van der Waals surface area contributed by atoms with Crippen molar-refractivity contribution in [2.75, 3.05) is 18.8 Å². The van der Waals surface area contributed by atoms with Gasteiger partial charge in [0.25, 0.3) is 0 Å². The largest absolute Gasteiger partial charge is 0.311 e. The van der Waals surface area contributed by atoms with Crippen LogP contribution in [0.5, 0.6) is 0 Å². The van der Waals surface area contributed by atoms with Crippen LogP contribution >= 0.6 is 0 Å². The van der Waals surface area contributed by atoms with E-state index in [1.54, 1.807) is 11.2 Å². The summed E-state index contributed by atoms with van der Waals surface area (Å²) in [6.45, 7) is 5.39. The van der Waals surface area contributed by atoms with E-state index in [9.17, 15) is 8.42 Å². The second-order valence-electron chi connectivity index (χ2n) is 5.95. The Kier molecular flexibility index (Phi) is 5.26. The van der Waals surface area contributed by atoms with E-state index in [2.05, 4.69) is 12.2 Å². The van der Waals surface area contributed by atoms with Crippen molar-refractivity contribution < 1.29 is 8.42 Å². The van der Waals surface area contributed by atoms with Crippen LogP contribution in [0.3, 0.4) is 0 Å². The van der Waals surface area contributed by atoms with Crippen LogP contribution in [-0.2, 0) is 10.0 Å². The predicted molar refractivity (Wildman–Crippen MR) is 78.6 cm³/mol. The van der Waals surface area contributed by atoms with Crippen molar-refractivity contribution in [2.24, 2.45) is 5.92 Å². The Labute approximate surface area is 118 Å². The van der Waals surface area contributed by atoms with E-state index < -0.39 is 10.0 Å². The molecule has 0 aromatic rings. The molecule has 0 aromatic heterocycles. The maximum absolute atomic E-state index is 11.8. The number of nitrogens with zero attached hydrogens (tertiary/aromatic N) is 1. The first kappa shape index (κ1) is 15.3. The molecule has 2 unspecified atom stereocenters. The maximum atomic E-state index is 11.8. The van der Waals surface area contributed by atoms with E-state index >= 15 is 0 Å². The monoisotopic (exact) mass is 288 g/mol. The topological polar surface area (TPSA) is 49.4 Å². The van der Waals surface area contributed by atoms with Crippen molar-refractivity contribution >= 4 is 10.0 Å². The second-order valence-corrected chi connectivity index (χ2v) is 8.20. The summed E-state index contributed by atoms with van der Waals surface area (Å²) in [6.07, 6.45) is 7.20. The Morgan fingerprint density at radius 3 is 2.37 bits per heavy atom. The summed E-state index contributed by atoms with van der Waals surface area (Å²) in [5, 5.41) is 3.79. The molecule has 1 saturated heterocycles. The van der Waals surface area contributed by atoms with Gasteiger partial charge in [-0.3, -0.25) is 0 Å². The van der Waals surface area contributed by atoms with E-state index in [0.717, 1.165) is 18.8 Å². The van der Waals surface area contributed by atoms with Gasteiger partial charge in [0.05, 0.1) is 5.75 Å². The highest BCUT2D eigenvalue weighted by molar-refractivity contribution is 7.89. The second kappa shape index (κ2) is 6.55. The number of nitrogens with one attached hydrogen (secondary N) is 1. The number of hydrogen-bond donors (Lipinski definition) is 1. The number of rotatable bonds is 5. The van der Waals surface area contributed by atoms with Gasteiger partial charge in [-0.2, -0.15) is 0 Å². The van der Waals surface area contributed by atoms with E-state index in [0.29, 0.717) is 25.2 Å². The number of hydrogen-bond acceptors (Lipinski definition) is 3. The Hall–Kier alpha value is -0.130. The van der Waals surface area contributed by atoms with Crippen molar-refractivity contribution in [1.29, 1.82) is 0 Å². The van der Waals surface area contributed by atoms with Gasteiger partial charge in [0.15, 0.2) is 0 Å². The molecule has 19 heavy (non-hydrogen) atoms. The van der Waals surface area contributed by atoms with Gasteiger partial charge in [-0.15, -0.1) is 0 Å². The first-order valence-electron chi connectivity index (χ1n) is 7.80. The Morgan fingerprint density at radius 2 is 1.79 bits per heavy atom. The summed E-state index contributed by atoms with van der Waals surface area (Å²) in [6, 6.07) is 1.18. The lowest BCUT2D eigenvalue weighted by Gasteiger charge is -2.34. The zero-order valence-corrected chi connectivity index (χ0v) is 13.1. The van der Waals surface area contributed by atoms with Gasteiger partial charge in [-0.05, 0) is 38.5 Å². The van der Waals surface area contributed by atoms with Crippen molar-refractivity contribution in [3.8, 4) is 0 Å². The summed E-state index contributed by atoms with van der Waals surface area (Å²) >= 11 is 0. The number of piperidine rings is 1. The molecule has 1 saturated carbocycles. The molecule has 1 aliphatic carbocycles. The Morgan fingerprint density at radius 1 is 1.11 bits per heavy atom. The molecule has 2 aliphatic rings. The molecule has 112 valence electrons. The zero-order valence-electron chi connectivity index (χ0n) is 12.3. The van der Waals surface area contributed by atoms with Crippen LogP contribution in [0.1, 0.15) is 52.4 Å². The van der Waals surface area contributed by atoms with Gasteiger partial charge in [-0.25, -0.2) is 12.7 Å². The molecule has 1 aliphatic heterocycles. The molecule has 0 radical (unpaired) electrons. The molecule has 0 aromatic carbocycles. The van der Waals surface area contributed by atoms with Crippen molar-refractivity contribution in [3.05, 3.63) is 0 Å². The van der Waals surface area contributed by atoms with Crippen molar-refractivity contribution in [1.82, 2.24) is 9.62 Å². The quantitative estimate of drug-likeness (QED) is 0.841. The summed E-state index contributed by atoms with van der Waals surface area (Å²) in [5.41, 5.74) is 0. The summed E-state index contributed by atoms with van der Waals surface area (Å²) in [4.78, 5) is 0. The molecule has 2 fully saturated rings. The molecule has 0 amide bonds. The molecule has 5 heteroatoms. The Balaban J connectivity index is 1.80. The molecular weight excluding hydrogens is 260 g/mol. The van der Waals surface area contributed by atoms with Gasteiger partial charge in [-0.1, -0.05) is 19.8 Å². The lowest BCUT2D eigenvalue weighted by Crippen LogP contribution is -2.48. The maximum Gasteiger partial charge on any atom is 0.213 e. The lowest BCUT2D eigenvalue weighted by molar-refractivity contribution is 0.254. The van der Waals surface area contributed by atoms with Gasteiger partial charge in [0, 0.05) is 25.2 Å². The van der Waals surface area contributed by atoms with Gasteiger partial charge in [0.2, 0.25) is 10.0 Å². The molecule has 1 heterocycles. The van der Waals surface area contributed by atoms with Gasteiger partial charge < -0.3 is 5.32 Å². The molecule has 2 atom stereocenters. The van der Waals surface area contributed by atoms with Crippen LogP contribution in [-0.4, -0.2) is 43.6 Å². The fourth-order valence-electron chi connectivity index (χ4n) is 3.53. The molecule has 4 nitrogen and oxygen atoms in total. The smallest absolute Gasteiger partial charge is 0.213 e. The minimum Gasteiger partial charge on any atom is -0.311 e. The normalized spacial score (nSPS) is 30.8. The van der Waals surface area contributed by atoms with Gasteiger partial charge in [0.1, 0.15) is 0 Å². The first-order valence-corrected chi connectivity index (χ1v) is 9.41. The minimum atomic E-state index is -2.98. The molecule has 0 bridgehead atoms. The predicted octanol–water partition coefficient (Wildman–Crippen LogP) is 1.97. The average molecular weight is 288 g/mol. The molecule has 1 N–H and O–H groups in total. The fourth-order valence-corrected chi connectivity index (χ4v) is 4.66. The van der Waals surface area contributed by atoms with Crippen LogP contribution in [0.4, 0.5) is 0 Å². The van der Waals surface area contributed by atoms with Crippen molar-refractivity contribution in [3.63, 3.8) is 0 Å². The highest BCUT2D eigenvalue weighted by atomic mass is 32.2. The summed E-state index contributed by atoms with van der Waals surface area (Å²) in [7, 11) is -2.98. The molecule has 0 spiro atoms. The standard InChI is InChI=1S/C14H28N2O2S/c1-3-12-6-5-7-14(12)15-13-8-10-16(11-9-13)19(17,18)4-2/h12-15H,3-11H2,1-2H3. The van der Waals surface area contributed by atoms with E-state index in [4.69, 9.17) is 0 Å². The fraction of sp³-hybridized carbons (Fsp3) is 1.00. The Bertz CT molecular complexity index is 375. The van der Waals surface area contributed by atoms with Crippen LogP contribution in [0.15, 0.2) is 0 Å². The summed E-state index contributed by atoms with van der Waals surface area (Å²) in [5.74, 6) is 1.06. The highest BCUT2D eigenvalue weighted by Crippen LogP contribution is 2.29. The van der Waals surface area contributed by atoms with Crippen molar-refractivity contribution in [2.45, 2.75) is 64.5 Å². The third-order valence-electron chi connectivity index (χ3n) is 4.85. The van der Waals surface area contributed by atoms with Crippen LogP contribution in [0.2, 0.25) is 0 Å². The third kappa shape index (κ3) is 3.70. The highest BCUT2D eigenvalue weighted by Gasteiger charge is 2.31. The average Bonchev–Trinajstić information content (AvgIpc) is 2.86. The minimum absolute atomic E-state index is 0.228. The SMILES string of the molecule is CCC1CCCC1NC1CCN(S(=O)(=O)CC)CC1. The zero-order chi connectivity index (χ0) is 13.9. The van der Waals surface area contributed by atoms with Crippen LogP contribution < -0.4 is 5.32 Å². The first-order chi connectivity index (χ1) is 9.06. The van der Waals surface area contributed by atoms with E-state index in [1.807, 2.05) is 0 Å².